The van der Waals surface area contributed by atoms with Crippen molar-refractivity contribution in [2.45, 2.75) is 51.5 Å². The van der Waals surface area contributed by atoms with Gasteiger partial charge in [-0.1, -0.05) is 42.5 Å². The number of rotatable bonds is 5. The van der Waals surface area contributed by atoms with E-state index in [1.807, 2.05) is 24.3 Å². The van der Waals surface area contributed by atoms with Crippen molar-refractivity contribution in [3.8, 4) is 0 Å². The molecule has 2 heterocycles. The minimum atomic E-state index is -0.0177. The first-order chi connectivity index (χ1) is 16.6. The van der Waals surface area contributed by atoms with Crippen LogP contribution in [0.25, 0.3) is 10.9 Å². The van der Waals surface area contributed by atoms with Gasteiger partial charge in [0.05, 0.1) is 10.9 Å². The monoisotopic (exact) mass is 475 g/mol. The van der Waals surface area contributed by atoms with Crippen molar-refractivity contribution in [1.29, 1.82) is 0 Å². The van der Waals surface area contributed by atoms with Crippen LogP contribution in [0.1, 0.15) is 44.1 Å². The zero-order chi connectivity index (χ0) is 23.5. The quantitative estimate of drug-likeness (QED) is 0.506. The third-order valence-corrected chi connectivity index (χ3v) is 8.14. The van der Waals surface area contributed by atoms with Crippen LogP contribution in [0.2, 0.25) is 0 Å². The Morgan fingerprint density at radius 2 is 1.56 bits per heavy atom. The Balaban J connectivity index is 1.13. The molecule has 2 fully saturated rings. The standard InChI is InChI=1S/C28H33N3O2S/c32-26(30-16-14-21(15-17-30)18-20-6-2-1-3-7-20)23-12-10-22(11-13-23)19-31-27(33)24-8-4-5-9-25(24)29-28(31)34/h1-9,21-23H,10-19H2,(H,29,34). The summed E-state index contributed by atoms with van der Waals surface area (Å²) in [6.45, 7) is 2.40. The van der Waals surface area contributed by atoms with Gasteiger partial charge in [-0.15, -0.1) is 0 Å². The van der Waals surface area contributed by atoms with Crippen LogP contribution in [0.4, 0.5) is 0 Å². The van der Waals surface area contributed by atoms with Crippen molar-refractivity contribution in [2.75, 3.05) is 13.1 Å². The summed E-state index contributed by atoms with van der Waals surface area (Å²) in [6.07, 6.45) is 7.06. The molecule has 1 aromatic heterocycles. The van der Waals surface area contributed by atoms with Gasteiger partial charge in [0.25, 0.3) is 5.56 Å². The second kappa shape index (κ2) is 10.3. The van der Waals surface area contributed by atoms with Gasteiger partial charge in [0.2, 0.25) is 5.91 Å². The van der Waals surface area contributed by atoms with E-state index < -0.39 is 0 Å². The maximum absolute atomic E-state index is 13.2. The van der Waals surface area contributed by atoms with Gasteiger partial charge >= 0.3 is 0 Å². The highest BCUT2D eigenvalue weighted by atomic mass is 32.1. The van der Waals surface area contributed by atoms with Crippen LogP contribution in [0, 0.1) is 22.5 Å². The molecule has 1 N–H and O–H groups in total. The molecule has 3 aromatic rings. The van der Waals surface area contributed by atoms with Gasteiger partial charge in [0.1, 0.15) is 0 Å². The smallest absolute Gasteiger partial charge is 0.262 e. The average molecular weight is 476 g/mol. The molecule has 1 saturated heterocycles. The van der Waals surface area contributed by atoms with Crippen LogP contribution < -0.4 is 5.56 Å². The predicted molar refractivity (Wildman–Crippen MR) is 138 cm³/mol. The lowest BCUT2D eigenvalue weighted by atomic mass is 9.80. The second-order valence-electron chi connectivity index (χ2n) is 10.1. The number of nitrogens with zero attached hydrogens (tertiary/aromatic N) is 2. The van der Waals surface area contributed by atoms with E-state index in [0.29, 0.717) is 34.4 Å². The largest absolute Gasteiger partial charge is 0.342 e. The van der Waals surface area contributed by atoms with Gasteiger partial charge in [0, 0.05) is 25.6 Å². The Hall–Kier alpha value is -2.73. The van der Waals surface area contributed by atoms with Crippen LogP contribution >= 0.6 is 12.2 Å². The summed E-state index contributed by atoms with van der Waals surface area (Å²) in [5.74, 6) is 1.53. The number of nitrogens with one attached hydrogen (secondary N) is 1. The molecule has 2 aromatic carbocycles. The van der Waals surface area contributed by atoms with Crippen LogP contribution in [-0.4, -0.2) is 33.4 Å². The fourth-order valence-corrected chi connectivity index (χ4v) is 6.05. The van der Waals surface area contributed by atoms with Gasteiger partial charge in [0.15, 0.2) is 4.77 Å². The Morgan fingerprint density at radius 3 is 2.29 bits per heavy atom. The van der Waals surface area contributed by atoms with Crippen LogP contribution in [-0.2, 0) is 17.8 Å². The summed E-state index contributed by atoms with van der Waals surface area (Å²) in [6, 6.07) is 18.2. The molecular weight excluding hydrogens is 442 g/mol. The van der Waals surface area contributed by atoms with Gasteiger partial charge in [-0.3, -0.25) is 14.2 Å². The lowest BCUT2D eigenvalue weighted by Gasteiger charge is -2.36. The number of para-hydroxylation sites is 1. The van der Waals surface area contributed by atoms with Gasteiger partial charge < -0.3 is 9.88 Å². The van der Waals surface area contributed by atoms with E-state index in [1.54, 1.807) is 4.57 Å². The molecule has 5 nitrogen and oxygen atoms in total. The second-order valence-corrected chi connectivity index (χ2v) is 10.5. The lowest BCUT2D eigenvalue weighted by Crippen LogP contribution is -2.43. The molecule has 1 saturated carbocycles. The van der Waals surface area contributed by atoms with E-state index in [2.05, 4.69) is 40.2 Å². The number of hydrogen-bond acceptors (Lipinski definition) is 3. The minimum Gasteiger partial charge on any atom is -0.342 e. The first-order valence-electron chi connectivity index (χ1n) is 12.6. The molecule has 5 rings (SSSR count). The average Bonchev–Trinajstić information content (AvgIpc) is 2.88. The number of H-pyrrole nitrogens is 1. The molecule has 1 amide bonds. The molecule has 0 radical (unpaired) electrons. The maximum atomic E-state index is 13.2. The van der Waals surface area contributed by atoms with Crippen molar-refractivity contribution >= 4 is 29.0 Å². The third-order valence-electron chi connectivity index (χ3n) is 7.82. The summed E-state index contributed by atoms with van der Waals surface area (Å²) in [5.41, 5.74) is 2.17. The van der Waals surface area contributed by atoms with E-state index in [4.69, 9.17) is 12.2 Å². The lowest BCUT2D eigenvalue weighted by molar-refractivity contribution is -0.138. The third kappa shape index (κ3) is 5.02. The van der Waals surface area contributed by atoms with Gasteiger partial charge in [-0.05, 0) is 86.7 Å². The Morgan fingerprint density at radius 1 is 0.882 bits per heavy atom. The molecule has 1 aliphatic carbocycles. The topological polar surface area (TPSA) is 58.1 Å². The fourth-order valence-electron chi connectivity index (χ4n) is 5.78. The number of amides is 1. The normalized spacial score (nSPS) is 21.6. The van der Waals surface area contributed by atoms with Crippen molar-refractivity contribution < 1.29 is 4.79 Å². The number of fused-ring (bicyclic) bond motifs is 1. The number of hydrogen-bond donors (Lipinski definition) is 1. The summed E-state index contributed by atoms with van der Waals surface area (Å²) >= 11 is 5.48. The SMILES string of the molecule is O=C(C1CCC(Cn2c(=S)[nH]c3ccccc3c2=O)CC1)N1CCC(Cc2ccccc2)CC1. The van der Waals surface area contributed by atoms with E-state index in [9.17, 15) is 9.59 Å². The Kier molecular flexibility index (Phi) is 6.95. The zero-order valence-electron chi connectivity index (χ0n) is 19.6. The van der Waals surface area contributed by atoms with Crippen LogP contribution in [0.5, 0.6) is 0 Å². The first kappa shape index (κ1) is 23.0. The highest BCUT2D eigenvalue weighted by Crippen LogP contribution is 2.32. The van der Waals surface area contributed by atoms with Gasteiger partial charge in [-0.25, -0.2) is 0 Å². The number of piperidine rings is 1. The zero-order valence-corrected chi connectivity index (χ0v) is 20.4. The number of aromatic amines is 1. The number of benzene rings is 2. The molecular formula is C28H33N3O2S. The Labute approximate surface area is 205 Å². The summed E-state index contributed by atoms with van der Waals surface area (Å²) in [7, 11) is 0. The molecule has 1 aliphatic heterocycles. The summed E-state index contributed by atoms with van der Waals surface area (Å²) in [5, 5.41) is 0.677. The summed E-state index contributed by atoms with van der Waals surface area (Å²) < 4.78 is 2.20. The van der Waals surface area contributed by atoms with E-state index in [-0.39, 0.29) is 11.5 Å². The molecule has 2 aliphatic rings. The fraction of sp³-hybridized carbons (Fsp3) is 0.464. The van der Waals surface area contributed by atoms with E-state index in [0.717, 1.165) is 63.6 Å². The van der Waals surface area contributed by atoms with E-state index in [1.165, 1.54) is 5.56 Å². The van der Waals surface area contributed by atoms with Gasteiger partial charge in [-0.2, -0.15) is 0 Å². The van der Waals surface area contributed by atoms with Crippen molar-refractivity contribution in [3.63, 3.8) is 0 Å². The number of carbonyl (C=O) groups is 1. The molecule has 0 spiro atoms. The van der Waals surface area contributed by atoms with Crippen molar-refractivity contribution in [2.24, 2.45) is 17.8 Å². The number of likely N-dealkylation sites (tertiary alicyclic amines) is 1. The maximum Gasteiger partial charge on any atom is 0.262 e. The molecule has 6 heteroatoms. The molecule has 0 atom stereocenters. The highest BCUT2D eigenvalue weighted by molar-refractivity contribution is 7.71. The molecule has 0 bridgehead atoms. The van der Waals surface area contributed by atoms with Crippen molar-refractivity contribution in [1.82, 2.24) is 14.5 Å². The minimum absolute atomic E-state index is 0.0177. The highest BCUT2D eigenvalue weighted by Gasteiger charge is 2.31. The molecule has 178 valence electrons. The Bertz CT molecular complexity index is 1250. The van der Waals surface area contributed by atoms with Crippen molar-refractivity contribution in [3.05, 3.63) is 75.3 Å². The predicted octanol–water partition coefficient (Wildman–Crippen LogP) is 5.35. The van der Waals surface area contributed by atoms with Crippen LogP contribution in [0.15, 0.2) is 59.4 Å². The molecule has 0 unspecified atom stereocenters. The van der Waals surface area contributed by atoms with E-state index >= 15 is 0 Å². The molecule has 34 heavy (non-hydrogen) atoms. The number of carbonyl (C=O) groups excluding carboxylic acids is 1. The van der Waals surface area contributed by atoms with Crippen LogP contribution in [0.3, 0.4) is 0 Å². The first-order valence-corrected chi connectivity index (χ1v) is 13.0. The number of aromatic nitrogens is 2. The summed E-state index contributed by atoms with van der Waals surface area (Å²) in [4.78, 5) is 31.4.